The molecular formula is C16H17F2N3O2. The number of anilines is 1. The van der Waals surface area contributed by atoms with Crippen LogP contribution >= 0.6 is 0 Å². The Hall–Kier alpha value is -2.83. The molecule has 0 saturated heterocycles. The Bertz CT molecular complexity index is 654. The van der Waals surface area contributed by atoms with Gasteiger partial charge in [0, 0.05) is 38.6 Å². The number of halogens is 2. The lowest BCUT2D eigenvalue weighted by atomic mass is 10.2. The van der Waals surface area contributed by atoms with Gasteiger partial charge in [0.05, 0.1) is 5.69 Å². The van der Waals surface area contributed by atoms with Gasteiger partial charge in [-0.1, -0.05) is 6.07 Å². The van der Waals surface area contributed by atoms with Gasteiger partial charge in [0.15, 0.2) is 0 Å². The predicted molar refractivity (Wildman–Crippen MR) is 83.7 cm³/mol. The monoisotopic (exact) mass is 321 g/mol. The van der Waals surface area contributed by atoms with Crippen LogP contribution < -0.4 is 15.2 Å². The number of carbonyl (C=O) groups is 1. The average Bonchev–Trinajstić information content (AvgIpc) is 2.52. The highest BCUT2D eigenvalue weighted by atomic mass is 19.3. The molecule has 0 radical (unpaired) electrons. The van der Waals surface area contributed by atoms with E-state index in [1.807, 2.05) is 14.1 Å². The number of ether oxygens (including phenoxy) is 1. The van der Waals surface area contributed by atoms with Gasteiger partial charge < -0.3 is 9.64 Å². The van der Waals surface area contributed by atoms with Crippen molar-refractivity contribution in [2.75, 3.05) is 19.1 Å². The van der Waals surface area contributed by atoms with Crippen molar-refractivity contribution in [3.63, 3.8) is 0 Å². The number of hydrazine groups is 1. The Morgan fingerprint density at radius 2 is 2.17 bits per heavy atom. The molecule has 23 heavy (non-hydrogen) atoms. The van der Waals surface area contributed by atoms with Crippen LogP contribution in [0.4, 0.5) is 14.5 Å². The maximum atomic E-state index is 12.3. The molecule has 1 N–H and O–H groups in total. The summed E-state index contributed by atoms with van der Waals surface area (Å²) >= 11 is 0. The predicted octanol–water partition coefficient (Wildman–Crippen LogP) is 2.65. The van der Waals surface area contributed by atoms with Crippen LogP contribution in [0.3, 0.4) is 0 Å². The number of allylic oxidation sites excluding steroid dienone is 3. The van der Waals surface area contributed by atoms with Crippen LogP contribution in [0.15, 0.2) is 60.6 Å². The molecule has 2 rings (SSSR count). The van der Waals surface area contributed by atoms with Crippen LogP contribution in [-0.4, -0.2) is 31.4 Å². The minimum atomic E-state index is -2.89. The first-order chi connectivity index (χ1) is 11.0. The van der Waals surface area contributed by atoms with Gasteiger partial charge in [0.25, 0.3) is 0 Å². The highest BCUT2D eigenvalue weighted by molar-refractivity contribution is 6.04. The van der Waals surface area contributed by atoms with Crippen molar-refractivity contribution in [3.05, 3.63) is 60.6 Å². The number of nitrogens with zero attached hydrogens (tertiary/aromatic N) is 2. The highest BCUT2D eigenvalue weighted by Gasteiger charge is 2.14. The van der Waals surface area contributed by atoms with Crippen molar-refractivity contribution in [1.29, 1.82) is 0 Å². The summed E-state index contributed by atoms with van der Waals surface area (Å²) in [6.07, 6.45) is 8.08. The third-order valence-corrected chi connectivity index (χ3v) is 2.85. The van der Waals surface area contributed by atoms with Crippen LogP contribution in [0, 0.1) is 0 Å². The topological polar surface area (TPSA) is 44.8 Å². The zero-order chi connectivity index (χ0) is 16.8. The van der Waals surface area contributed by atoms with Crippen molar-refractivity contribution >= 4 is 11.5 Å². The normalized spacial score (nSPS) is 14.0. The molecule has 1 aromatic carbocycles. The van der Waals surface area contributed by atoms with E-state index in [0.29, 0.717) is 11.4 Å². The highest BCUT2D eigenvalue weighted by Crippen LogP contribution is 2.23. The summed E-state index contributed by atoms with van der Waals surface area (Å²) in [7, 11) is 3.63. The quantitative estimate of drug-likeness (QED) is 0.816. The van der Waals surface area contributed by atoms with Gasteiger partial charge in [0.2, 0.25) is 5.78 Å². The van der Waals surface area contributed by atoms with Crippen LogP contribution in [0.1, 0.15) is 0 Å². The van der Waals surface area contributed by atoms with Crippen molar-refractivity contribution in [2.24, 2.45) is 0 Å². The molecular weight excluding hydrogens is 304 g/mol. The van der Waals surface area contributed by atoms with Gasteiger partial charge in [-0.25, -0.2) is 0 Å². The first-order valence-corrected chi connectivity index (χ1v) is 6.84. The first kappa shape index (κ1) is 16.5. The van der Waals surface area contributed by atoms with E-state index in [2.05, 4.69) is 10.2 Å². The zero-order valence-corrected chi connectivity index (χ0v) is 12.7. The Kier molecular flexibility index (Phi) is 5.35. The Labute approximate surface area is 133 Å². The van der Waals surface area contributed by atoms with E-state index in [9.17, 15) is 13.6 Å². The summed E-state index contributed by atoms with van der Waals surface area (Å²) in [4.78, 5) is 13.8. The third kappa shape index (κ3) is 4.84. The molecule has 0 aromatic heterocycles. The van der Waals surface area contributed by atoms with Crippen molar-refractivity contribution in [1.82, 2.24) is 10.3 Å². The minimum absolute atomic E-state index is 0.0441. The van der Waals surface area contributed by atoms with E-state index in [1.165, 1.54) is 18.2 Å². The summed E-state index contributed by atoms with van der Waals surface area (Å²) in [5, 5.41) is 1.55. The molecule has 0 unspecified atom stereocenters. The summed E-state index contributed by atoms with van der Waals surface area (Å²) in [6, 6.07) is 6.19. The second kappa shape index (κ2) is 7.44. The van der Waals surface area contributed by atoms with Crippen molar-refractivity contribution < 1.29 is 18.3 Å². The number of rotatable bonds is 6. The number of hydrogen-bond acceptors (Lipinski definition) is 5. The molecule has 0 amide bonds. The van der Waals surface area contributed by atoms with Gasteiger partial charge >= 0.3 is 6.61 Å². The largest absolute Gasteiger partial charge is 0.435 e. The lowest BCUT2D eigenvalue weighted by Gasteiger charge is -2.26. The number of carbonyl (C=O) groups excluding carboxylic acids is 1. The molecule has 7 heteroatoms. The Morgan fingerprint density at radius 3 is 2.87 bits per heavy atom. The van der Waals surface area contributed by atoms with E-state index in [1.54, 1.807) is 46.6 Å². The fourth-order valence-corrected chi connectivity index (χ4v) is 1.83. The maximum absolute atomic E-state index is 12.3. The van der Waals surface area contributed by atoms with Crippen LogP contribution in [0.2, 0.25) is 0 Å². The number of benzene rings is 1. The molecule has 1 aromatic rings. The standard InChI is InChI=1S/C16H17F2N3O2/c1-20(2)10-8-15(22)14-7-4-9-21(19-14)12-5-3-6-13(11-12)23-16(17)18/h3-11,16,19H,1-2H3/b10-8+. The molecule has 0 bridgehead atoms. The van der Waals surface area contributed by atoms with Gasteiger partial charge in [-0.2, -0.15) is 8.78 Å². The molecule has 0 spiro atoms. The molecule has 0 saturated carbocycles. The molecule has 122 valence electrons. The first-order valence-electron chi connectivity index (χ1n) is 6.84. The van der Waals surface area contributed by atoms with E-state index < -0.39 is 6.61 Å². The average molecular weight is 321 g/mol. The van der Waals surface area contributed by atoms with Gasteiger partial charge in [-0.3, -0.25) is 15.2 Å². The van der Waals surface area contributed by atoms with Crippen molar-refractivity contribution in [3.8, 4) is 5.75 Å². The van der Waals surface area contributed by atoms with E-state index in [4.69, 9.17) is 0 Å². The fraction of sp³-hybridized carbons (Fsp3) is 0.188. The minimum Gasteiger partial charge on any atom is -0.435 e. The van der Waals surface area contributed by atoms with E-state index in [-0.39, 0.29) is 11.5 Å². The lowest BCUT2D eigenvalue weighted by Crippen LogP contribution is -2.37. The SMILES string of the molecule is CN(C)/C=C/C(=O)C1=CC=CN(c2cccc(OC(F)F)c2)N1. The number of hydrogen-bond donors (Lipinski definition) is 1. The molecule has 0 atom stereocenters. The molecule has 5 nitrogen and oxygen atoms in total. The van der Waals surface area contributed by atoms with Crippen molar-refractivity contribution in [2.45, 2.75) is 6.61 Å². The van der Waals surface area contributed by atoms with Crippen LogP contribution in [-0.2, 0) is 4.79 Å². The molecule has 0 fully saturated rings. The summed E-state index contributed by atoms with van der Waals surface area (Å²) in [5.74, 6) is -0.157. The van der Waals surface area contributed by atoms with Gasteiger partial charge in [-0.15, -0.1) is 0 Å². The summed E-state index contributed by atoms with van der Waals surface area (Å²) in [6.45, 7) is -2.89. The summed E-state index contributed by atoms with van der Waals surface area (Å²) in [5.41, 5.74) is 3.85. The number of ketones is 1. The Balaban J connectivity index is 2.10. The molecule has 0 aliphatic carbocycles. The van der Waals surface area contributed by atoms with Crippen LogP contribution in [0.5, 0.6) is 5.75 Å². The lowest BCUT2D eigenvalue weighted by molar-refractivity contribution is -0.111. The van der Waals surface area contributed by atoms with E-state index >= 15 is 0 Å². The number of nitrogens with one attached hydrogen (secondary N) is 1. The number of alkyl halides is 2. The second-order valence-corrected chi connectivity index (χ2v) is 4.92. The van der Waals surface area contributed by atoms with Gasteiger partial charge in [0.1, 0.15) is 11.4 Å². The maximum Gasteiger partial charge on any atom is 0.387 e. The Morgan fingerprint density at radius 1 is 1.39 bits per heavy atom. The molecule has 1 heterocycles. The third-order valence-electron chi connectivity index (χ3n) is 2.85. The zero-order valence-electron chi connectivity index (χ0n) is 12.7. The van der Waals surface area contributed by atoms with E-state index in [0.717, 1.165) is 0 Å². The summed E-state index contributed by atoms with van der Waals surface area (Å²) < 4.78 is 28.9. The van der Waals surface area contributed by atoms with Gasteiger partial charge in [-0.05, 0) is 24.3 Å². The van der Waals surface area contributed by atoms with Crippen LogP contribution in [0.25, 0.3) is 0 Å². The fourth-order valence-electron chi connectivity index (χ4n) is 1.83. The smallest absolute Gasteiger partial charge is 0.387 e. The molecule has 1 aliphatic heterocycles. The molecule has 1 aliphatic rings. The second-order valence-electron chi connectivity index (χ2n) is 4.92.